The van der Waals surface area contributed by atoms with Crippen molar-refractivity contribution in [2.75, 3.05) is 5.73 Å². The monoisotopic (exact) mass is 300 g/mol. The second-order valence-corrected chi connectivity index (χ2v) is 7.69. The van der Waals surface area contributed by atoms with E-state index in [0.717, 1.165) is 12.0 Å². The average molecular weight is 300 g/mol. The van der Waals surface area contributed by atoms with Gasteiger partial charge in [0.25, 0.3) is 0 Å². The van der Waals surface area contributed by atoms with Gasteiger partial charge in [0.15, 0.2) is 0 Å². The summed E-state index contributed by atoms with van der Waals surface area (Å²) in [7, 11) is -3.74. The molecule has 0 fully saturated rings. The molecule has 0 aliphatic rings. The van der Waals surface area contributed by atoms with Gasteiger partial charge >= 0.3 is 0 Å². The lowest BCUT2D eigenvalue weighted by molar-refractivity contribution is 0.00639. The Morgan fingerprint density at radius 1 is 1.25 bits per heavy atom. The molecular formula is C14H24N2O3S. The van der Waals surface area contributed by atoms with Crippen LogP contribution in [0.2, 0.25) is 0 Å². The van der Waals surface area contributed by atoms with Crippen molar-refractivity contribution in [3.63, 3.8) is 0 Å². The first-order valence-corrected chi connectivity index (χ1v) is 8.04. The third kappa shape index (κ3) is 3.50. The van der Waals surface area contributed by atoms with E-state index in [-0.39, 0.29) is 4.90 Å². The van der Waals surface area contributed by atoms with Crippen molar-refractivity contribution in [1.29, 1.82) is 0 Å². The van der Waals surface area contributed by atoms with Crippen LogP contribution in [0, 0.1) is 0 Å². The fourth-order valence-corrected chi connectivity index (χ4v) is 3.15. The summed E-state index contributed by atoms with van der Waals surface area (Å²) in [5.41, 5.74) is 4.99. The van der Waals surface area contributed by atoms with Crippen molar-refractivity contribution in [1.82, 2.24) is 4.72 Å². The summed E-state index contributed by atoms with van der Waals surface area (Å²) in [6.07, 6.45) is 0.745. The molecule has 4 N–H and O–H groups in total. The van der Waals surface area contributed by atoms with Crippen LogP contribution in [0.3, 0.4) is 0 Å². The van der Waals surface area contributed by atoms with Crippen molar-refractivity contribution in [3.8, 4) is 0 Å². The highest BCUT2D eigenvalue weighted by Crippen LogP contribution is 2.25. The number of nitrogens with one attached hydrogen (secondary N) is 1. The van der Waals surface area contributed by atoms with Gasteiger partial charge in [-0.15, -0.1) is 0 Å². The third-order valence-electron chi connectivity index (χ3n) is 3.73. The largest absolute Gasteiger partial charge is 0.398 e. The van der Waals surface area contributed by atoms with Crippen LogP contribution in [0.5, 0.6) is 0 Å². The van der Waals surface area contributed by atoms with Crippen LogP contribution in [0.15, 0.2) is 23.1 Å². The van der Waals surface area contributed by atoms with Gasteiger partial charge in [-0.05, 0) is 51.8 Å². The molecule has 0 atom stereocenters. The molecule has 1 aromatic carbocycles. The van der Waals surface area contributed by atoms with Gasteiger partial charge in [0.05, 0.1) is 16.0 Å². The Hall–Kier alpha value is -1.11. The van der Waals surface area contributed by atoms with Gasteiger partial charge in [-0.3, -0.25) is 0 Å². The topological polar surface area (TPSA) is 92.4 Å². The molecule has 20 heavy (non-hydrogen) atoms. The fourth-order valence-electron chi connectivity index (χ4n) is 1.58. The zero-order valence-electron chi connectivity index (χ0n) is 12.7. The number of nitrogens with two attached hydrogens (primary N) is 1. The van der Waals surface area contributed by atoms with Crippen molar-refractivity contribution >= 4 is 15.7 Å². The lowest BCUT2D eigenvalue weighted by Crippen LogP contribution is -2.57. The number of nitrogen functional groups attached to an aromatic ring is 1. The van der Waals surface area contributed by atoms with Crippen LogP contribution in [0.1, 0.15) is 40.2 Å². The smallest absolute Gasteiger partial charge is 0.241 e. The summed E-state index contributed by atoms with van der Waals surface area (Å²) in [4.78, 5) is 0.101. The van der Waals surface area contributed by atoms with Gasteiger partial charge in [-0.1, -0.05) is 13.0 Å². The Morgan fingerprint density at radius 2 is 1.80 bits per heavy atom. The number of hydrogen-bond acceptors (Lipinski definition) is 4. The van der Waals surface area contributed by atoms with E-state index in [1.807, 2.05) is 6.92 Å². The predicted molar refractivity (Wildman–Crippen MR) is 80.9 cm³/mol. The Bertz CT molecular complexity index is 587. The summed E-state index contributed by atoms with van der Waals surface area (Å²) in [5.74, 6) is 0. The van der Waals surface area contributed by atoms with Crippen LogP contribution in [-0.4, -0.2) is 24.7 Å². The predicted octanol–water partition coefficient (Wildman–Crippen LogP) is 1.66. The zero-order valence-corrected chi connectivity index (χ0v) is 13.5. The molecule has 0 aliphatic carbocycles. The number of hydrogen-bond donors (Lipinski definition) is 3. The summed E-state index contributed by atoms with van der Waals surface area (Å²) in [5, 5.41) is 10.0. The molecule has 5 nitrogen and oxygen atoms in total. The van der Waals surface area contributed by atoms with Crippen LogP contribution >= 0.6 is 0 Å². The summed E-state index contributed by atoms with van der Waals surface area (Å²) in [6.45, 7) is 8.34. The fraction of sp³-hybridized carbons (Fsp3) is 0.571. The van der Waals surface area contributed by atoms with Gasteiger partial charge in [0.2, 0.25) is 10.0 Å². The molecule has 1 aromatic rings. The lowest BCUT2D eigenvalue weighted by atomic mass is 9.87. The first-order valence-electron chi connectivity index (χ1n) is 6.55. The van der Waals surface area contributed by atoms with Crippen molar-refractivity contribution < 1.29 is 13.5 Å². The molecule has 6 heteroatoms. The minimum atomic E-state index is -3.74. The molecule has 1 rings (SSSR count). The number of aryl methyl sites for hydroxylation is 1. The molecular weight excluding hydrogens is 276 g/mol. The minimum absolute atomic E-state index is 0.101. The zero-order chi connectivity index (χ0) is 15.8. The van der Waals surface area contributed by atoms with Crippen molar-refractivity contribution in [2.24, 2.45) is 0 Å². The first kappa shape index (κ1) is 16.9. The highest BCUT2D eigenvalue weighted by atomic mass is 32.2. The molecule has 0 saturated carbocycles. The molecule has 0 unspecified atom stereocenters. The summed E-state index contributed by atoms with van der Waals surface area (Å²) in [6, 6.07) is 4.68. The van der Waals surface area contributed by atoms with E-state index in [2.05, 4.69) is 4.72 Å². The maximum atomic E-state index is 12.4. The lowest BCUT2D eigenvalue weighted by Gasteiger charge is -2.37. The Kier molecular flexibility index (Phi) is 4.53. The van der Waals surface area contributed by atoms with E-state index in [1.54, 1.807) is 33.8 Å². The van der Waals surface area contributed by atoms with Crippen molar-refractivity contribution in [3.05, 3.63) is 23.8 Å². The molecule has 0 bridgehead atoms. The van der Waals surface area contributed by atoms with Crippen LogP contribution in [0.25, 0.3) is 0 Å². The van der Waals surface area contributed by atoms with E-state index in [0.29, 0.717) is 5.69 Å². The number of rotatable bonds is 5. The third-order valence-corrected chi connectivity index (χ3v) is 5.38. The Labute approximate surface area is 121 Å². The quantitative estimate of drug-likeness (QED) is 0.721. The molecule has 0 amide bonds. The Morgan fingerprint density at radius 3 is 2.20 bits per heavy atom. The highest BCUT2D eigenvalue weighted by Gasteiger charge is 2.38. The number of sulfonamides is 1. The van der Waals surface area contributed by atoms with E-state index >= 15 is 0 Å². The van der Waals surface area contributed by atoms with E-state index in [4.69, 9.17) is 5.73 Å². The second-order valence-electron chi connectivity index (χ2n) is 6.00. The molecule has 114 valence electrons. The SMILES string of the molecule is CCc1ccc(S(=O)(=O)NC(C)(C)C(C)(C)O)cc1N. The Balaban J connectivity index is 3.16. The standard InChI is InChI=1S/C14H24N2O3S/c1-6-10-7-8-11(9-12(10)15)20(18,19)16-13(2,3)14(4,5)17/h7-9,16-17H,6,15H2,1-5H3. The highest BCUT2D eigenvalue weighted by molar-refractivity contribution is 7.89. The van der Waals surface area contributed by atoms with E-state index in [9.17, 15) is 13.5 Å². The van der Waals surface area contributed by atoms with Gasteiger partial charge in [-0.2, -0.15) is 0 Å². The molecule has 0 spiro atoms. The molecule has 0 heterocycles. The molecule has 0 aromatic heterocycles. The van der Waals surface area contributed by atoms with Crippen LogP contribution in [0.4, 0.5) is 5.69 Å². The average Bonchev–Trinajstić information content (AvgIpc) is 2.25. The maximum Gasteiger partial charge on any atom is 0.241 e. The van der Waals surface area contributed by atoms with Gasteiger partial charge in [0, 0.05) is 5.69 Å². The molecule has 0 aliphatic heterocycles. The maximum absolute atomic E-state index is 12.4. The first-order chi connectivity index (χ1) is 8.90. The number of aliphatic hydroxyl groups is 1. The normalized spacial score (nSPS) is 13.5. The van der Waals surface area contributed by atoms with E-state index < -0.39 is 21.2 Å². The van der Waals surface area contributed by atoms with Crippen LogP contribution < -0.4 is 10.5 Å². The molecule has 0 radical (unpaired) electrons. The van der Waals surface area contributed by atoms with Gasteiger partial charge in [0.1, 0.15) is 0 Å². The molecule has 0 saturated heterocycles. The summed E-state index contributed by atoms with van der Waals surface area (Å²) >= 11 is 0. The summed E-state index contributed by atoms with van der Waals surface area (Å²) < 4.78 is 27.3. The van der Waals surface area contributed by atoms with Gasteiger partial charge < -0.3 is 10.8 Å². The van der Waals surface area contributed by atoms with Crippen LogP contribution in [-0.2, 0) is 16.4 Å². The second kappa shape index (κ2) is 5.35. The number of benzene rings is 1. The van der Waals surface area contributed by atoms with Gasteiger partial charge in [-0.25, -0.2) is 13.1 Å². The minimum Gasteiger partial charge on any atom is -0.398 e. The van der Waals surface area contributed by atoms with Crippen molar-refractivity contribution in [2.45, 2.75) is 57.1 Å². The van der Waals surface area contributed by atoms with E-state index in [1.165, 1.54) is 12.1 Å². The number of anilines is 1.